The molecule has 0 radical (unpaired) electrons. The molecule has 0 saturated carbocycles. The first-order valence-corrected chi connectivity index (χ1v) is 8.07. The van der Waals surface area contributed by atoms with Crippen molar-refractivity contribution in [1.82, 2.24) is 9.80 Å². The summed E-state index contributed by atoms with van der Waals surface area (Å²) < 4.78 is 0. The van der Waals surface area contributed by atoms with Crippen molar-refractivity contribution < 1.29 is 9.59 Å². The van der Waals surface area contributed by atoms with Crippen LogP contribution in [0.25, 0.3) is 0 Å². The van der Waals surface area contributed by atoms with Crippen LogP contribution in [-0.2, 0) is 9.59 Å². The molecule has 0 atom stereocenters. The average Bonchev–Trinajstić information content (AvgIpc) is 2.42. The molecule has 0 unspecified atom stereocenters. The molecule has 0 bridgehead atoms. The molecular formula is C16H30N2O2. The summed E-state index contributed by atoms with van der Waals surface area (Å²) in [5.74, 6) is 1.03. The third-order valence-electron chi connectivity index (χ3n) is 4.21. The SMILES string of the molecule is CCCCCN(CCC(=O)N1CCC(C)CC1)C(C)=O. The van der Waals surface area contributed by atoms with Crippen LogP contribution in [0.3, 0.4) is 0 Å². The van der Waals surface area contributed by atoms with Gasteiger partial charge in [-0.3, -0.25) is 9.59 Å². The number of carbonyl (C=O) groups excluding carboxylic acids is 2. The first-order chi connectivity index (χ1) is 9.54. The van der Waals surface area contributed by atoms with Gasteiger partial charge in [-0.1, -0.05) is 26.7 Å². The lowest BCUT2D eigenvalue weighted by Gasteiger charge is -2.31. The highest BCUT2D eigenvalue weighted by molar-refractivity contribution is 5.78. The Bertz CT molecular complexity index is 310. The average molecular weight is 282 g/mol. The molecule has 1 aliphatic rings. The second-order valence-electron chi connectivity index (χ2n) is 6.03. The first-order valence-electron chi connectivity index (χ1n) is 8.07. The fourth-order valence-electron chi connectivity index (χ4n) is 2.63. The summed E-state index contributed by atoms with van der Waals surface area (Å²) in [6.45, 7) is 9.12. The van der Waals surface area contributed by atoms with E-state index in [1.54, 1.807) is 6.92 Å². The van der Waals surface area contributed by atoms with Crippen LogP contribution in [0.2, 0.25) is 0 Å². The van der Waals surface area contributed by atoms with Crippen LogP contribution in [0.4, 0.5) is 0 Å². The molecule has 0 aromatic carbocycles. The molecule has 0 aromatic heterocycles. The van der Waals surface area contributed by atoms with E-state index in [1.165, 1.54) is 0 Å². The van der Waals surface area contributed by atoms with E-state index in [1.807, 2.05) is 9.80 Å². The zero-order valence-electron chi connectivity index (χ0n) is 13.4. The highest BCUT2D eigenvalue weighted by atomic mass is 16.2. The van der Waals surface area contributed by atoms with Gasteiger partial charge in [-0.05, 0) is 25.2 Å². The zero-order valence-corrected chi connectivity index (χ0v) is 13.4. The Morgan fingerprint density at radius 1 is 1.15 bits per heavy atom. The molecule has 1 heterocycles. The Morgan fingerprint density at radius 3 is 2.35 bits per heavy atom. The van der Waals surface area contributed by atoms with Crippen molar-refractivity contribution in [2.75, 3.05) is 26.2 Å². The highest BCUT2D eigenvalue weighted by Gasteiger charge is 2.20. The highest BCUT2D eigenvalue weighted by Crippen LogP contribution is 2.16. The fourth-order valence-corrected chi connectivity index (χ4v) is 2.63. The quantitative estimate of drug-likeness (QED) is 0.674. The lowest BCUT2D eigenvalue weighted by molar-refractivity contribution is -0.134. The van der Waals surface area contributed by atoms with Crippen molar-refractivity contribution in [2.45, 2.75) is 59.3 Å². The van der Waals surface area contributed by atoms with Gasteiger partial charge in [0.25, 0.3) is 0 Å². The molecule has 4 heteroatoms. The minimum atomic E-state index is 0.0844. The summed E-state index contributed by atoms with van der Waals surface area (Å²) in [6.07, 6.45) is 6.02. The van der Waals surface area contributed by atoms with Crippen molar-refractivity contribution in [3.63, 3.8) is 0 Å². The normalized spacial score (nSPS) is 16.2. The topological polar surface area (TPSA) is 40.6 Å². The largest absolute Gasteiger partial charge is 0.343 e. The molecule has 1 aliphatic heterocycles. The van der Waals surface area contributed by atoms with E-state index in [-0.39, 0.29) is 11.8 Å². The third-order valence-corrected chi connectivity index (χ3v) is 4.21. The van der Waals surface area contributed by atoms with Gasteiger partial charge in [0.15, 0.2) is 0 Å². The molecule has 1 fully saturated rings. The maximum atomic E-state index is 12.1. The van der Waals surface area contributed by atoms with E-state index < -0.39 is 0 Å². The van der Waals surface area contributed by atoms with E-state index in [4.69, 9.17) is 0 Å². The number of carbonyl (C=O) groups is 2. The summed E-state index contributed by atoms with van der Waals surface area (Å²) in [6, 6.07) is 0. The molecule has 20 heavy (non-hydrogen) atoms. The van der Waals surface area contributed by atoms with Crippen molar-refractivity contribution in [1.29, 1.82) is 0 Å². The summed E-state index contributed by atoms with van der Waals surface area (Å²) in [5.41, 5.74) is 0. The van der Waals surface area contributed by atoms with E-state index >= 15 is 0 Å². The number of hydrogen-bond acceptors (Lipinski definition) is 2. The standard InChI is InChI=1S/C16H30N2O2/c1-4-5-6-10-17(15(3)19)13-9-16(20)18-11-7-14(2)8-12-18/h14H,4-13H2,1-3H3. The maximum absolute atomic E-state index is 12.1. The molecule has 0 spiro atoms. The number of rotatable bonds is 7. The molecule has 0 N–H and O–H groups in total. The van der Waals surface area contributed by atoms with Crippen LogP contribution in [-0.4, -0.2) is 47.8 Å². The Morgan fingerprint density at radius 2 is 1.80 bits per heavy atom. The van der Waals surface area contributed by atoms with Gasteiger partial charge >= 0.3 is 0 Å². The second-order valence-corrected chi connectivity index (χ2v) is 6.03. The summed E-state index contributed by atoms with van der Waals surface area (Å²) in [4.78, 5) is 27.5. The Hall–Kier alpha value is -1.06. The smallest absolute Gasteiger partial charge is 0.224 e. The van der Waals surface area contributed by atoms with Gasteiger partial charge in [-0.2, -0.15) is 0 Å². The maximum Gasteiger partial charge on any atom is 0.224 e. The number of unbranched alkanes of at least 4 members (excludes halogenated alkanes) is 2. The summed E-state index contributed by atoms with van der Waals surface area (Å²) in [5, 5.41) is 0. The molecule has 0 aliphatic carbocycles. The zero-order chi connectivity index (χ0) is 15.0. The molecular weight excluding hydrogens is 252 g/mol. The van der Waals surface area contributed by atoms with Crippen molar-refractivity contribution in [3.05, 3.63) is 0 Å². The molecule has 4 nitrogen and oxygen atoms in total. The van der Waals surface area contributed by atoms with E-state index in [0.717, 1.165) is 57.7 Å². The van der Waals surface area contributed by atoms with Crippen LogP contribution in [0, 0.1) is 5.92 Å². The van der Waals surface area contributed by atoms with Crippen LogP contribution in [0.15, 0.2) is 0 Å². The van der Waals surface area contributed by atoms with Crippen molar-refractivity contribution >= 4 is 11.8 Å². The van der Waals surface area contributed by atoms with Crippen LogP contribution < -0.4 is 0 Å². The molecule has 116 valence electrons. The van der Waals surface area contributed by atoms with E-state index in [2.05, 4.69) is 13.8 Å². The van der Waals surface area contributed by atoms with Gasteiger partial charge in [-0.25, -0.2) is 0 Å². The van der Waals surface area contributed by atoms with Gasteiger partial charge in [-0.15, -0.1) is 0 Å². The number of amides is 2. The molecule has 0 aromatic rings. The lowest BCUT2D eigenvalue weighted by atomic mass is 9.99. The second kappa shape index (κ2) is 8.98. The fraction of sp³-hybridized carbons (Fsp3) is 0.875. The number of piperidine rings is 1. The molecule has 2 amide bonds. The van der Waals surface area contributed by atoms with E-state index in [0.29, 0.717) is 13.0 Å². The van der Waals surface area contributed by atoms with Gasteiger partial charge < -0.3 is 9.80 Å². The minimum absolute atomic E-state index is 0.0844. The van der Waals surface area contributed by atoms with Gasteiger partial charge in [0.05, 0.1) is 0 Å². The minimum Gasteiger partial charge on any atom is -0.343 e. The lowest BCUT2D eigenvalue weighted by Crippen LogP contribution is -2.40. The Balaban J connectivity index is 2.31. The summed E-state index contributed by atoms with van der Waals surface area (Å²) >= 11 is 0. The number of nitrogens with zero attached hydrogens (tertiary/aromatic N) is 2. The van der Waals surface area contributed by atoms with E-state index in [9.17, 15) is 9.59 Å². The first kappa shape index (κ1) is 17.0. The number of likely N-dealkylation sites (tertiary alicyclic amines) is 1. The predicted molar refractivity (Wildman–Crippen MR) is 81.4 cm³/mol. The van der Waals surface area contributed by atoms with Crippen LogP contribution in [0.1, 0.15) is 59.3 Å². The predicted octanol–water partition coefficient (Wildman–Crippen LogP) is 2.67. The Labute approximate surface area is 123 Å². The monoisotopic (exact) mass is 282 g/mol. The molecule has 1 rings (SSSR count). The van der Waals surface area contributed by atoms with Gasteiger partial charge in [0, 0.05) is 39.5 Å². The van der Waals surface area contributed by atoms with Crippen molar-refractivity contribution in [3.8, 4) is 0 Å². The van der Waals surface area contributed by atoms with Crippen molar-refractivity contribution in [2.24, 2.45) is 5.92 Å². The third kappa shape index (κ3) is 5.93. The van der Waals surface area contributed by atoms with Crippen LogP contribution >= 0.6 is 0 Å². The number of hydrogen-bond donors (Lipinski definition) is 0. The molecule has 1 saturated heterocycles. The summed E-state index contributed by atoms with van der Waals surface area (Å²) in [7, 11) is 0. The van der Waals surface area contributed by atoms with Gasteiger partial charge in [0.1, 0.15) is 0 Å². The Kier molecular flexibility index (Phi) is 7.63. The van der Waals surface area contributed by atoms with Gasteiger partial charge in [0.2, 0.25) is 11.8 Å². The van der Waals surface area contributed by atoms with Crippen LogP contribution in [0.5, 0.6) is 0 Å².